The number of thiazole rings is 1. The zero-order chi connectivity index (χ0) is 19.0. The van der Waals surface area contributed by atoms with Crippen molar-refractivity contribution >= 4 is 34.6 Å². The Labute approximate surface area is 160 Å². The van der Waals surface area contributed by atoms with E-state index in [4.69, 9.17) is 5.73 Å². The number of nitrogens with one attached hydrogen (secondary N) is 1. The van der Waals surface area contributed by atoms with E-state index in [2.05, 4.69) is 37.1 Å². The predicted molar refractivity (Wildman–Crippen MR) is 104 cm³/mol. The van der Waals surface area contributed by atoms with Crippen LogP contribution in [0.5, 0.6) is 0 Å². The molecule has 8 nitrogen and oxygen atoms in total. The van der Waals surface area contributed by atoms with Gasteiger partial charge in [0.25, 0.3) is 0 Å². The fourth-order valence-corrected chi connectivity index (χ4v) is 3.49. The van der Waals surface area contributed by atoms with Crippen molar-refractivity contribution in [2.75, 3.05) is 16.0 Å². The minimum atomic E-state index is -1.30. The summed E-state index contributed by atoms with van der Waals surface area (Å²) in [5.74, 6) is 6.56. The van der Waals surface area contributed by atoms with E-state index in [0.29, 0.717) is 11.0 Å². The van der Waals surface area contributed by atoms with E-state index < -0.39 is 5.60 Å². The maximum atomic E-state index is 10.5. The Hall–Kier alpha value is -3.22. The molecule has 4 N–H and O–H groups in total. The Morgan fingerprint density at radius 3 is 2.93 bits per heavy atom. The van der Waals surface area contributed by atoms with E-state index in [-0.39, 0.29) is 12.1 Å². The van der Waals surface area contributed by atoms with Crippen LogP contribution in [0.1, 0.15) is 24.4 Å². The molecule has 1 aliphatic rings. The number of nitrogens with zero attached hydrogens (tertiary/aromatic N) is 5. The summed E-state index contributed by atoms with van der Waals surface area (Å²) in [5, 5.41) is 16.3. The Bertz CT molecular complexity index is 1040. The smallest absolute Gasteiger partial charge is 0.236 e. The second-order valence-electron chi connectivity index (χ2n) is 6.23. The molecule has 2 aromatic heterocycles. The van der Waals surface area contributed by atoms with Crippen molar-refractivity contribution < 1.29 is 5.11 Å². The van der Waals surface area contributed by atoms with Gasteiger partial charge < -0.3 is 16.2 Å². The van der Waals surface area contributed by atoms with Crippen LogP contribution in [-0.2, 0) is 5.60 Å². The first kappa shape index (κ1) is 17.2. The lowest BCUT2D eigenvalue weighted by Crippen LogP contribution is -2.30. The molecule has 3 aromatic rings. The standard InChI is InChI=1S/C18H17N7OS/c1-11-23-13-4-3-12(5-6-18(2,26)15-20-7-8-27-15)9-14(13)25(11)17-22-10-21-16(19)24-17/h3-4,7-11,23,26H,1-2H3,(H2,19,21,22,24)/t11?,18-/m1/s1. The van der Waals surface area contributed by atoms with Crippen molar-refractivity contribution in [3.63, 3.8) is 0 Å². The van der Waals surface area contributed by atoms with Gasteiger partial charge in [0.2, 0.25) is 11.9 Å². The molecule has 27 heavy (non-hydrogen) atoms. The summed E-state index contributed by atoms with van der Waals surface area (Å²) in [6, 6.07) is 5.77. The Morgan fingerprint density at radius 2 is 2.19 bits per heavy atom. The van der Waals surface area contributed by atoms with E-state index in [0.717, 1.165) is 16.9 Å². The van der Waals surface area contributed by atoms with Crippen molar-refractivity contribution in [3.05, 3.63) is 46.7 Å². The zero-order valence-corrected chi connectivity index (χ0v) is 15.5. The van der Waals surface area contributed by atoms with Crippen molar-refractivity contribution in [2.24, 2.45) is 0 Å². The first-order chi connectivity index (χ1) is 12.9. The molecule has 0 spiro atoms. The number of hydrogen-bond donors (Lipinski definition) is 3. The lowest BCUT2D eigenvalue weighted by molar-refractivity contribution is 0.122. The van der Waals surface area contributed by atoms with Gasteiger partial charge in [0, 0.05) is 17.1 Å². The van der Waals surface area contributed by atoms with Crippen LogP contribution in [0.3, 0.4) is 0 Å². The Balaban J connectivity index is 1.69. The number of hydrogen-bond acceptors (Lipinski definition) is 9. The zero-order valence-electron chi connectivity index (χ0n) is 14.7. The number of nitrogens with two attached hydrogens (primary N) is 1. The van der Waals surface area contributed by atoms with Gasteiger partial charge >= 0.3 is 0 Å². The van der Waals surface area contributed by atoms with Gasteiger partial charge in [0.15, 0.2) is 5.60 Å². The van der Waals surface area contributed by atoms with E-state index in [9.17, 15) is 5.11 Å². The highest BCUT2D eigenvalue weighted by molar-refractivity contribution is 7.09. The van der Waals surface area contributed by atoms with Crippen LogP contribution in [0.25, 0.3) is 0 Å². The van der Waals surface area contributed by atoms with Crippen molar-refractivity contribution in [2.45, 2.75) is 25.6 Å². The van der Waals surface area contributed by atoms with Crippen molar-refractivity contribution in [1.82, 2.24) is 19.9 Å². The highest BCUT2D eigenvalue weighted by Gasteiger charge is 2.29. The summed E-state index contributed by atoms with van der Waals surface area (Å²) < 4.78 is 0. The lowest BCUT2D eigenvalue weighted by Gasteiger charge is -2.21. The minimum Gasteiger partial charge on any atom is -0.371 e. The number of fused-ring (bicyclic) bond motifs is 1. The van der Waals surface area contributed by atoms with Crippen molar-refractivity contribution in [3.8, 4) is 11.8 Å². The van der Waals surface area contributed by atoms with Crippen LogP contribution in [0, 0.1) is 11.8 Å². The fourth-order valence-electron chi connectivity index (χ4n) is 2.84. The monoisotopic (exact) mass is 379 g/mol. The number of nitrogen functional groups attached to an aromatic ring is 1. The molecular formula is C18H17N7OS. The van der Waals surface area contributed by atoms with E-state index in [1.165, 1.54) is 17.7 Å². The van der Waals surface area contributed by atoms with Crippen LogP contribution >= 0.6 is 11.3 Å². The van der Waals surface area contributed by atoms with Crippen LogP contribution in [-0.4, -0.2) is 31.2 Å². The highest BCUT2D eigenvalue weighted by Crippen LogP contribution is 2.39. The largest absolute Gasteiger partial charge is 0.371 e. The third-order valence-electron chi connectivity index (χ3n) is 4.10. The molecule has 0 amide bonds. The molecule has 136 valence electrons. The third-order valence-corrected chi connectivity index (χ3v) is 5.09. The van der Waals surface area contributed by atoms with Gasteiger partial charge in [-0.3, -0.25) is 4.90 Å². The van der Waals surface area contributed by atoms with Gasteiger partial charge in [-0.2, -0.15) is 4.98 Å². The number of aromatic nitrogens is 4. The molecule has 1 aromatic carbocycles. The highest BCUT2D eigenvalue weighted by atomic mass is 32.1. The second-order valence-corrected chi connectivity index (χ2v) is 7.12. The number of anilines is 4. The number of aliphatic hydroxyl groups is 1. The fraction of sp³-hybridized carbons (Fsp3) is 0.222. The van der Waals surface area contributed by atoms with Crippen molar-refractivity contribution in [1.29, 1.82) is 0 Å². The molecule has 0 saturated heterocycles. The molecule has 0 aliphatic carbocycles. The molecule has 2 atom stereocenters. The van der Waals surface area contributed by atoms with Crippen LogP contribution in [0.15, 0.2) is 36.1 Å². The summed E-state index contributed by atoms with van der Waals surface area (Å²) >= 11 is 1.37. The van der Waals surface area contributed by atoms with Gasteiger partial charge in [0.1, 0.15) is 17.5 Å². The van der Waals surface area contributed by atoms with Gasteiger partial charge in [0.05, 0.1) is 11.4 Å². The Morgan fingerprint density at radius 1 is 1.33 bits per heavy atom. The molecule has 1 aliphatic heterocycles. The predicted octanol–water partition coefficient (Wildman–Crippen LogP) is 2.08. The summed E-state index contributed by atoms with van der Waals surface area (Å²) in [5.41, 5.74) is 6.98. The van der Waals surface area contributed by atoms with Crippen LogP contribution in [0.2, 0.25) is 0 Å². The average Bonchev–Trinajstić information content (AvgIpc) is 3.27. The van der Waals surface area contributed by atoms with E-state index in [1.54, 1.807) is 13.1 Å². The molecule has 4 rings (SSSR count). The lowest BCUT2D eigenvalue weighted by atomic mass is 10.1. The average molecular weight is 379 g/mol. The molecule has 0 radical (unpaired) electrons. The van der Waals surface area contributed by atoms with Gasteiger partial charge in [-0.25, -0.2) is 15.0 Å². The summed E-state index contributed by atoms with van der Waals surface area (Å²) in [6.07, 6.45) is 2.98. The molecule has 9 heteroatoms. The molecular weight excluding hydrogens is 362 g/mol. The summed E-state index contributed by atoms with van der Waals surface area (Å²) in [4.78, 5) is 18.3. The van der Waals surface area contributed by atoms with Crippen LogP contribution < -0.4 is 16.0 Å². The number of rotatable bonds is 2. The van der Waals surface area contributed by atoms with Gasteiger partial charge in [-0.05, 0) is 32.0 Å². The maximum absolute atomic E-state index is 10.5. The topological polar surface area (TPSA) is 113 Å². The summed E-state index contributed by atoms with van der Waals surface area (Å²) in [6.45, 7) is 3.63. The molecule has 0 fully saturated rings. The Kier molecular flexibility index (Phi) is 4.14. The quantitative estimate of drug-likeness (QED) is 0.580. The first-order valence-electron chi connectivity index (χ1n) is 8.24. The molecule has 3 heterocycles. The minimum absolute atomic E-state index is 0.0524. The molecule has 0 bridgehead atoms. The van der Waals surface area contributed by atoms with Gasteiger partial charge in [-0.15, -0.1) is 11.3 Å². The van der Waals surface area contributed by atoms with E-state index in [1.807, 2.05) is 35.4 Å². The molecule has 1 unspecified atom stereocenters. The number of benzene rings is 1. The normalized spacial score (nSPS) is 17.4. The molecule has 0 saturated carbocycles. The SMILES string of the molecule is CC1Nc2ccc(C#C[C@@](C)(O)c3nccs3)cc2N1c1ncnc(N)n1. The van der Waals surface area contributed by atoms with Crippen LogP contribution in [0.4, 0.5) is 23.3 Å². The second kappa shape index (κ2) is 6.50. The third kappa shape index (κ3) is 3.28. The maximum Gasteiger partial charge on any atom is 0.236 e. The first-order valence-corrected chi connectivity index (χ1v) is 9.12. The van der Waals surface area contributed by atoms with Gasteiger partial charge in [-0.1, -0.05) is 11.8 Å². The summed E-state index contributed by atoms with van der Waals surface area (Å²) in [7, 11) is 0. The van der Waals surface area contributed by atoms with E-state index >= 15 is 0 Å².